The lowest BCUT2D eigenvalue weighted by Gasteiger charge is -2.17. The molecular weight excluding hydrogens is 308 g/mol. The van der Waals surface area contributed by atoms with Crippen molar-refractivity contribution in [2.24, 2.45) is 0 Å². The molecule has 1 aliphatic rings. The van der Waals surface area contributed by atoms with Crippen LogP contribution in [0.25, 0.3) is 11.1 Å². The van der Waals surface area contributed by atoms with Gasteiger partial charge in [0.25, 0.3) is 0 Å². The number of hydrogen-bond acceptors (Lipinski definition) is 5. The molecule has 0 saturated heterocycles. The van der Waals surface area contributed by atoms with Gasteiger partial charge in [-0.3, -0.25) is 4.90 Å². The highest BCUT2D eigenvalue weighted by atomic mass is 35.7. The topological polar surface area (TPSA) is 110 Å². The molecule has 2 heterocycles. The number of para-hydroxylation sites is 1. The molecule has 2 aromatic rings. The number of aryl methyl sites for hydroxylation is 1. The van der Waals surface area contributed by atoms with Gasteiger partial charge in [0.15, 0.2) is 0 Å². The summed E-state index contributed by atoms with van der Waals surface area (Å²) >= 11 is 0. The number of benzene rings is 1. The molecule has 1 aromatic carbocycles. The molecule has 0 bridgehead atoms. The monoisotopic (exact) mass is 324 g/mol. The number of hydrogen-bond donors (Lipinski definition) is 1. The van der Waals surface area contributed by atoms with Crippen molar-refractivity contribution < 1.29 is 33.8 Å². The summed E-state index contributed by atoms with van der Waals surface area (Å²) in [7, 11) is -2.77. The first kappa shape index (κ1) is 16.8. The van der Waals surface area contributed by atoms with Gasteiger partial charge in [-0.1, -0.05) is 12.1 Å². The maximum atomic E-state index is 8.49. The summed E-state index contributed by atoms with van der Waals surface area (Å²) in [6.45, 7) is 6.46. The van der Waals surface area contributed by atoms with Crippen LogP contribution >= 0.6 is 0 Å². The van der Waals surface area contributed by atoms with E-state index in [1.165, 1.54) is 38.7 Å². The largest absolute Gasteiger partial charge is 0.255 e. The van der Waals surface area contributed by atoms with Gasteiger partial charge in [0.05, 0.1) is 18.2 Å². The fourth-order valence-corrected chi connectivity index (χ4v) is 2.70. The van der Waals surface area contributed by atoms with Crippen molar-refractivity contribution in [1.82, 2.24) is 4.98 Å². The molecule has 0 saturated carbocycles. The van der Waals surface area contributed by atoms with Crippen molar-refractivity contribution in [3.63, 3.8) is 0 Å². The standard InChI is InChI=1S/C15H16N2.ClHO4/c1-9-10(2)14-12-7-5-6-8-13(12)17(4)15(14)16-11(9)3;2-1(3,4)5/h5-8H,1-4H3;(H,2,3,4,5). The highest BCUT2D eigenvalue weighted by Gasteiger charge is 2.32. The zero-order valence-electron chi connectivity index (χ0n) is 12.8. The Morgan fingerprint density at radius 3 is 2.09 bits per heavy atom. The van der Waals surface area contributed by atoms with Crippen molar-refractivity contribution >= 4 is 11.5 Å². The predicted molar refractivity (Wildman–Crippen MR) is 70.1 cm³/mol. The van der Waals surface area contributed by atoms with Gasteiger partial charge < -0.3 is 0 Å². The van der Waals surface area contributed by atoms with Crippen LogP contribution in [-0.4, -0.2) is 12.0 Å². The molecule has 118 valence electrons. The van der Waals surface area contributed by atoms with E-state index in [-0.39, 0.29) is 0 Å². The second-order valence-electron chi connectivity index (χ2n) is 5.22. The maximum Gasteiger partial charge on any atom is 0.239 e. The number of pyridine rings is 1. The summed E-state index contributed by atoms with van der Waals surface area (Å²) < 4.78 is 34.0. The molecule has 3 rings (SSSR count). The summed E-state index contributed by atoms with van der Waals surface area (Å²) in [5, 5.41) is 0. The molecule has 0 aliphatic carbocycles. The third-order valence-corrected chi connectivity index (χ3v) is 3.95. The van der Waals surface area contributed by atoms with Gasteiger partial charge in [0.1, 0.15) is 5.69 Å². The van der Waals surface area contributed by atoms with Crippen molar-refractivity contribution in [1.29, 1.82) is 0 Å². The molecule has 1 atom stereocenters. The molecule has 0 amide bonds. The summed E-state index contributed by atoms with van der Waals surface area (Å²) in [4.78, 5) is 6.08. The Morgan fingerprint density at radius 2 is 1.50 bits per heavy atom. The van der Waals surface area contributed by atoms with Crippen LogP contribution in [0.3, 0.4) is 0 Å². The van der Waals surface area contributed by atoms with Crippen molar-refractivity contribution in [2.45, 2.75) is 20.8 Å². The normalized spacial score (nSPS) is 15.7. The van der Waals surface area contributed by atoms with Gasteiger partial charge in [-0.05, 0) is 38.0 Å². The lowest BCUT2D eigenvalue weighted by molar-refractivity contribution is -2.00. The Hall–Kier alpha value is -1.54. The Bertz CT molecular complexity index is 707. The van der Waals surface area contributed by atoms with Crippen LogP contribution in [0.4, 0.5) is 11.5 Å². The van der Waals surface area contributed by atoms with E-state index in [1.54, 1.807) is 0 Å². The van der Waals surface area contributed by atoms with E-state index >= 15 is 0 Å². The number of nitrogens with one attached hydrogen (secondary N) is 1. The van der Waals surface area contributed by atoms with Gasteiger partial charge in [0, 0.05) is 11.8 Å². The number of aromatic nitrogens is 1. The third-order valence-electron chi connectivity index (χ3n) is 3.95. The molecular formula is C15H17ClN2O4. The van der Waals surface area contributed by atoms with E-state index in [1.807, 2.05) is 0 Å². The SMILES string of the molecule is Cc1nc2c(c(C)c1C)-c1ccccc1[NH+]2C.[O-][Cl+3]([O-])([O-])[O-]. The average Bonchev–Trinajstić information content (AvgIpc) is 2.68. The van der Waals surface area contributed by atoms with Gasteiger partial charge in [-0.25, -0.2) is 23.6 Å². The van der Waals surface area contributed by atoms with Gasteiger partial charge >= 0.3 is 0 Å². The van der Waals surface area contributed by atoms with E-state index in [4.69, 9.17) is 23.6 Å². The van der Waals surface area contributed by atoms with E-state index in [9.17, 15) is 0 Å². The molecule has 1 unspecified atom stereocenters. The molecule has 0 radical (unpaired) electrons. The molecule has 6 nitrogen and oxygen atoms in total. The van der Waals surface area contributed by atoms with Crippen LogP contribution in [0.1, 0.15) is 16.8 Å². The zero-order chi connectivity index (χ0) is 16.7. The quantitative estimate of drug-likeness (QED) is 0.586. The first-order valence-corrected chi connectivity index (χ1v) is 7.88. The number of fused-ring (bicyclic) bond motifs is 3. The van der Waals surface area contributed by atoms with Crippen LogP contribution in [0, 0.1) is 31.0 Å². The predicted octanol–water partition coefficient (Wildman–Crippen LogP) is -2.29. The van der Waals surface area contributed by atoms with Gasteiger partial charge in [0.2, 0.25) is 5.82 Å². The van der Waals surface area contributed by atoms with Gasteiger partial charge in [-0.15, -0.1) is 10.2 Å². The third kappa shape index (κ3) is 3.27. The fourth-order valence-electron chi connectivity index (χ4n) is 2.70. The smallest absolute Gasteiger partial charge is 0.239 e. The van der Waals surface area contributed by atoms with E-state index in [2.05, 4.69) is 52.1 Å². The summed E-state index contributed by atoms with van der Waals surface area (Å²) in [5.41, 5.74) is 7.84. The highest BCUT2D eigenvalue weighted by molar-refractivity contribution is 5.86. The fraction of sp³-hybridized carbons (Fsp3) is 0.267. The molecule has 0 fully saturated rings. The lowest BCUT2D eigenvalue weighted by atomic mass is 9.98. The Morgan fingerprint density at radius 1 is 0.955 bits per heavy atom. The van der Waals surface area contributed by atoms with Crippen LogP contribution in [-0.2, 0) is 0 Å². The van der Waals surface area contributed by atoms with Crippen molar-refractivity contribution in [3.8, 4) is 11.1 Å². The van der Waals surface area contributed by atoms with Gasteiger partial charge in [-0.2, -0.15) is 0 Å². The number of halogens is 1. The zero-order valence-corrected chi connectivity index (χ0v) is 13.5. The maximum absolute atomic E-state index is 8.49. The number of nitrogens with zero attached hydrogens (tertiary/aromatic N) is 1. The van der Waals surface area contributed by atoms with E-state index in [0.29, 0.717) is 0 Å². The lowest BCUT2D eigenvalue weighted by Crippen LogP contribution is -2.97. The summed E-state index contributed by atoms with van der Waals surface area (Å²) in [6.07, 6.45) is 0. The van der Waals surface area contributed by atoms with Crippen LogP contribution in [0.15, 0.2) is 24.3 Å². The molecule has 0 spiro atoms. The molecule has 1 aliphatic heterocycles. The summed E-state index contributed by atoms with van der Waals surface area (Å²) in [6, 6.07) is 8.60. The van der Waals surface area contributed by atoms with E-state index in [0.717, 1.165) is 5.69 Å². The molecule has 1 N–H and O–H groups in total. The minimum absolute atomic E-state index is 1.15. The number of quaternary nitrogens is 1. The Balaban J connectivity index is 0.000000309. The average molecular weight is 325 g/mol. The number of rotatable bonds is 0. The highest BCUT2D eigenvalue weighted by Crippen LogP contribution is 2.39. The second-order valence-corrected chi connectivity index (χ2v) is 5.98. The first-order chi connectivity index (χ1) is 10.1. The minimum Gasteiger partial charge on any atom is -0.255 e. The van der Waals surface area contributed by atoms with Crippen molar-refractivity contribution in [3.05, 3.63) is 41.1 Å². The minimum atomic E-state index is -4.94. The van der Waals surface area contributed by atoms with E-state index < -0.39 is 10.2 Å². The Kier molecular flexibility index (Phi) is 4.53. The van der Waals surface area contributed by atoms with Crippen molar-refractivity contribution in [2.75, 3.05) is 7.05 Å². The van der Waals surface area contributed by atoms with Crippen LogP contribution < -0.4 is 23.5 Å². The van der Waals surface area contributed by atoms with Crippen LogP contribution in [0.2, 0.25) is 0 Å². The molecule has 1 aromatic heterocycles. The van der Waals surface area contributed by atoms with Crippen LogP contribution in [0.5, 0.6) is 0 Å². The second kappa shape index (κ2) is 5.92. The molecule has 7 heteroatoms. The summed E-state index contributed by atoms with van der Waals surface area (Å²) in [5.74, 6) is 1.17. The first-order valence-electron chi connectivity index (χ1n) is 6.64. The molecule has 22 heavy (non-hydrogen) atoms. The Labute approximate surface area is 131 Å².